The fraction of sp³-hybridized carbons (Fsp3) is 0.294. The first-order valence-electron chi connectivity index (χ1n) is 7.35. The van der Waals surface area contributed by atoms with E-state index in [2.05, 4.69) is 9.88 Å². The number of carbonyl (C=O) groups excluding carboxylic acids is 1. The molecule has 0 bridgehead atoms. The first-order chi connectivity index (χ1) is 11.1. The zero-order chi connectivity index (χ0) is 16.4. The van der Waals surface area contributed by atoms with Crippen LogP contribution in [0.3, 0.4) is 0 Å². The number of carbonyl (C=O) groups is 1. The molecule has 0 saturated carbocycles. The van der Waals surface area contributed by atoms with Crippen LogP contribution in [0.2, 0.25) is 10.0 Å². The van der Waals surface area contributed by atoms with Crippen molar-refractivity contribution in [3.8, 4) is 5.75 Å². The molecule has 1 aromatic carbocycles. The molecule has 2 aromatic rings. The maximum absolute atomic E-state index is 10.7. The number of hydrogen-bond donors (Lipinski definition) is 0. The van der Waals surface area contributed by atoms with E-state index in [1.165, 1.54) is 0 Å². The molecule has 120 valence electrons. The van der Waals surface area contributed by atoms with Crippen LogP contribution in [0.4, 0.5) is 5.82 Å². The van der Waals surface area contributed by atoms with Crippen LogP contribution in [0.1, 0.15) is 22.3 Å². The molecule has 0 radical (unpaired) electrons. The quantitative estimate of drug-likeness (QED) is 0.776. The maximum atomic E-state index is 10.7. The van der Waals surface area contributed by atoms with Gasteiger partial charge in [0, 0.05) is 24.7 Å². The van der Waals surface area contributed by atoms with Crippen LogP contribution in [0, 0.1) is 6.92 Å². The fourth-order valence-corrected chi connectivity index (χ4v) is 3.34. The predicted molar refractivity (Wildman–Crippen MR) is 92.1 cm³/mol. The van der Waals surface area contributed by atoms with Crippen molar-refractivity contribution in [3.05, 3.63) is 51.6 Å². The van der Waals surface area contributed by atoms with Crippen LogP contribution < -0.4 is 9.64 Å². The van der Waals surface area contributed by atoms with E-state index in [0.717, 1.165) is 30.6 Å². The van der Waals surface area contributed by atoms with Gasteiger partial charge in [-0.1, -0.05) is 23.2 Å². The van der Waals surface area contributed by atoms with Crippen LogP contribution in [-0.4, -0.2) is 30.5 Å². The lowest BCUT2D eigenvalue weighted by molar-refractivity contribution is 0.112. The second-order valence-electron chi connectivity index (χ2n) is 5.60. The Balaban J connectivity index is 1.69. The van der Waals surface area contributed by atoms with Gasteiger partial charge >= 0.3 is 0 Å². The molecule has 1 saturated heterocycles. The minimum atomic E-state index is 0.000235. The second kappa shape index (κ2) is 6.77. The molecule has 0 aliphatic carbocycles. The first kappa shape index (κ1) is 16.1. The number of halogens is 2. The number of pyridine rings is 1. The number of rotatable bonds is 4. The normalized spacial score (nSPS) is 17.3. The minimum absolute atomic E-state index is 0.000235. The average Bonchev–Trinajstić information content (AvgIpc) is 2.99. The molecule has 1 atom stereocenters. The van der Waals surface area contributed by atoms with Gasteiger partial charge in [0.1, 0.15) is 11.9 Å². The Morgan fingerprint density at radius 1 is 1.30 bits per heavy atom. The van der Waals surface area contributed by atoms with E-state index < -0.39 is 0 Å². The van der Waals surface area contributed by atoms with E-state index in [1.807, 2.05) is 25.1 Å². The van der Waals surface area contributed by atoms with E-state index in [9.17, 15) is 4.79 Å². The molecule has 1 fully saturated rings. The van der Waals surface area contributed by atoms with Crippen molar-refractivity contribution in [3.63, 3.8) is 0 Å². The third-order valence-electron chi connectivity index (χ3n) is 3.80. The van der Waals surface area contributed by atoms with Gasteiger partial charge in [-0.2, -0.15) is 0 Å². The number of aromatic nitrogens is 1. The largest absolute Gasteiger partial charge is 0.485 e. The minimum Gasteiger partial charge on any atom is -0.485 e. The zero-order valence-electron chi connectivity index (χ0n) is 12.6. The average molecular weight is 351 g/mol. The van der Waals surface area contributed by atoms with Gasteiger partial charge in [0.25, 0.3) is 0 Å². The SMILES string of the molecule is Cc1cc(Cl)c(O[C@H]2CCN(c3ccc(C=O)cn3)C2)c(Cl)c1. The number of ether oxygens (including phenoxy) is 1. The molecule has 3 rings (SSSR count). The number of aryl methyl sites for hydroxylation is 1. The molecule has 2 heterocycles. The summed E-state index contributed by atoms with van der Waals surface area (Å²) in [5.74, 6) is 1.37. The lowest BCUT2D eigenvalue weighted by Crippen LogP contribution is -2.25. The highest BCUT2D eigenvalue weighted by Gasteiger charge is 2.26. The highest BCUT2D eigenvalue weighted by molar-refractivity contribution is 6.37. The van der Waals surface area contributed by atoms with Gasteiger partial charge in [-0.15, -0.1) is 0 Å². The van der Waals surface area contributed by atoms with Gasteiger partial charge in [0.2, 0.25) is 0 Å². The molecule has 0 N–H and O–H groups in total. The number of anilines is 1. The summed E-state index contributed by atoms with van der Waals surface area (Å²) >= 11 is 12.5. The summed E-state index contributed by atoms with van der Waals surface area (Å²) < 4.78 is 6.00. The van der Waals surface area contributed by atoms with Crippen molar-refractivity contribution in [2.75, 3.05) is 18.0 Å². The number of hydrogen-bond acceptors (Lipinski definition) is 4. The summed E-state index contributed by atoms with van der Waals surface area (Å²) in [5.41, 5.74) is 1.57. The molecule has 23 heavy (non-hydrogen) atoms. The van der Waals surface area contributed by atoms with Crippen molar-refractivity contribution < 1.29 is 9.53 Å². The van der Waals surface area contributed by atoms with Crippen molar-refractivity contribution in [2.24, 2.45) is 0 Å². The Morgan fingerprint density at radius 2 is 2.04 bits per heavy atom. The summed E-state index contributed by atoms with van der Waals surface area (Å²) in [6.45, 7) is 3.47. The Morgan fingerprint density at radius 3 is 2.65 bits per heavy atom. The molecule has 0 unspecified atom stereocenters. The number of aldehydes is 1. The lowest BCUT2D eigenvalue weighted by Gasteiger charge is -2.19. The van der Waals surface area contributed by atoms with Crippen LogP contribution in [0.25, 0.3) is 0 Å². The summed E-state index contributed by atoms with van der Waals surface area (Å²) in [5, 5.41) is 1.06. The molecule has 1 aliphatic rings. The summed E-state index contributed by atoms with van der Waals surface area (Å²) in [7, 11) is 0. The summed E-state index contributed by atoms with van der Waals surface area (Å²) in [6.07, 6.45) is 3.22. The van der Waals surface area contributed by atoms with E-state index in [4.69, 9.17) is 27.9 Å². The van der Waals surface area contributed by atoms with Gasteiger partial charge in [0.15, 0.2) is 12.0 Å². The smallest absolute Gasteiger partial charge is 0.156 e. The lowest BCUT2D eigenvalue weighted by atomic mass is 10.2. The highest BCUT2D eigenvalue weighted by Crippen LogP contribution is 2.36. The molecule has 1 aromatic heterocycles. The molecule has 0 spiro atoms. The van der Waals surface area contributed by atoms with Crippen molar-refractivity contribution in [1.82, 2.24) is 4.98 Å². The maximum Gasteiger partial charge on any atom is 0.156 e. The van der Waals surface area contributed by atoms with Crippen LogP contribution in [0.5, 0.6) is 5.75 Å². The van der Waals surface area contributed by atoms with Gasteiger partial charge < -0.3 is 9.64 Å². The number of benzene rings is 1. The standard InChI is InChI=1S/C17H16Cl2N2O2/c1-11-6-14(18)17(15(19)7-11)23-13-4-5-21(9-13)16-3-2-12(10-22)8-20-16/h2-3,6-8,10,13H,4-5,9H2,1H3/t13-/m0/s1. The van der Waals surface area contributed by atoms with E-state index in [-0.39, 0.29) is 6.10 Å². The topological polar surface area (TPSA) is 42.4 Å². The second-order valence-corrected chi connectivity index (χ2v) is 6.41. The number of nitrogens with zero attached hydrogens (tertiary/aromatic N) is 2. The Labute approximate surface area is 145 Å². The van der Waals surface area contributed by atoms with Gasteiger partial charge in [-0.25, -0.2) is 4.98 Å². The monoisotopic (exact) mass is 350 g/mol. The molecular weight excluding hydrogens is 335 g/mol. The van der Waals surface area contributed by atoms with Crippen LogP contribution in [0.15, 0.2) is 30.5 Å². The third kappa shape index (κ3) is 3.59. The molecule has 1 aliphatic heterocycles. The third-order valence-corrected chi connectivity index (χ3v) is 4.36. The predicted octanol–water partition coefficient (Wildman–Crippen LogP) is 4.17. The Hall–Kier alpha value is -1.78. The molecule has 6 heteroatoms. The van der Waals surface area contributed by atoms with Crippen molar-refractivity contribution in [2.45, 2.75) is 19.4 Å². The van der Waals surface area contributed by atoms with Crippen molar-refractivity contribution >= 4 is 35.3 Å². The fourth-order valence-electron chi connectivity index (χ4n) is 2.65. The summed E-state index contributed by atoms with van der Waals surface area (Å²) in [6, 6.07) is 7.29. The Bertz CT molecular complexity index is 696. The first-order valence-corrected chi connectivity index (χ1v) is 8.11. The highest BCUT2D eigenvalue weighted by atomic mass is 35.5. The van der Waals surface area contributed by atoms with Gasteiger partial charge in [-0.05, 0) is 36.8 Å². The van der Waals surface area contributed by atoms with Gasteiger partial charge in [0.05, 0.1) is 16.6 Å². The zero-order valence-corrected chi connectivity index (χ0v) is 14.1. The van der Waals surface area contributed by atoms with Crippen molar-refractivity contribution in [1.29, 1.82) is 0 Å². The van der Waals surface area contributed by atoms with E-state index in [1.54, 1.807) is 12.3 Å². The van der Waals surface area contributed by atoms with Crippen LogP contribution in [-0.2, 0) is 0 Å². The van der Waals surface area contributed by atoms with Crippen LogP contribution >= 0.6 is 23.2 Å². The van der Waals surface area contributed by atoms with E-state index >= 15 is 0 Å². The van der Waals surface area contributed by atoms with Gasteiger partial charge in [-0.3, -0.25) is 4.79 Å². The molecule has 4 nitrogen and oxygen atoms in total. The molecular formula is C17H16Cl2N2O2. The summed E-state index contributed by atoms with van der Waals surface area (Å²) in [4.78, 5) is 17.1. The van der Waals surface area contributed by atoms with E-state index in [0.29, 0.717) is 27.9 Å². The molecule has 0 amide bonds. The Kier molecular flexibility index (Phi) is 4.74.